The van der Waals surface area contributed by atoms with Gasteiger partial charge in [0.15, 0.2) is 0 Å². The SMILES string of the molecule is CCn1cc(C(C)N)c2cccc(O)c21. The van der Waals surface area contributed by atoms with Gasteiger partial charge < -0.3 is 15.4 Å². The van der Waals surface area contributed by atoms with Crippen LogP contribution in [0.3, 0.4) is 0 Å². The molecule has 0 fully saturated rings. The maximum Gasteiger partial charge on any atom is 0.139 e. The van der Waals surface area contributed by atoms with E-state index in [0.29, 0.717) is 5.75 Å². The molecule has 0 spiro atoms. The molecule has 15 heavy (non-hydrogen) atoms. The number of aromatic hydroxyl groups is 1. The second kappa shape index (κ2) is 3.59. The van der Waals surface area contributed by atoms with E-state index in [2.05, 4.69) is 6.92 Å². The molecule has 3 nitrogen and oxygen atoms in total. The highest BCUT2D eigenvalue weighted by Gasteiger charge is 2.12. The van der Waals surface area contributed by atoms with Gasteiger partial charge in [0.05, 0.1) is 5.52 Å². The second-order valence-electron chi connectivity index (χ2n) is 3.83. The van der Waals surface area contributed by atoms with Crippen LogP contribution in [0.2, 0.25) is 0 Å². The number of nitrogens with zero attached hydrogens (tertiary/aromatic N) is 1. The van der Waals surface area contributed by atoms with Crippen LogP contribution in [-0.4, -0.2) is 9.67 Å². The first-order valence-corrected chi connectivity index (χ1v) is 5.21. The highest BCUT2D eigenvalue weighted by Crippen LogP contribution is 2.31. The summed E-state index contributed by atoms with van der Waals surface area (Å²) in [6, 6.07) is 5.55. The fraction of sp³-hybridized carbons (Fsp3) is 0.333. The van der Waals surface area contributed by atoms with Gasteiger partial charge in [-0.25, -0.2) is 0 Å². The first-order valence-electron chi connectivity index (χ1n) is 5.21. The van der Waals surface area contributed by atoms with Gasteiger partial charge in [0.2, 0.25) is 0 Å². The summed E-state index contributed by atoms with van der Waals surface area (Å²) in [5.74, 6) is 0.321. The number of aromatic nitrogens is 1. The number of hydrogen-bond donors (Lipinski definition) is 2. The van der Waals surface area contributed by atoms with Crippen LogP contribution < -0.4 is 5.73 Å². The Balaban J connectivity index is 2.81. The Morgan fingerprint density at radius 2 is 2.20 bits per heavy atom. The number of rotatable bonds is 2. The summed E-state index contributed by atoms with van der Waals surface area (Å²) < 4.78 is 2.03. The van der Waals surface area contributed by atoms with Crippen LogP contribution in [-0.2, 0) is 6.54 Å². The molecule has 0 bridgehead atoms. The lowest BCUT2D eigenvalue weighted by atomic mass is 10.1. The molecular formula is C12H16N2O. The number of para-hydroxylation sites is 1. The third-order valence-corrected chi connectivity index (χ3v) is 2.74. The van der Waals surface area contributed by atoms with Gasteiger partial charge in [-0.1, -0.05) is 12.1 Å². The van der Waals surface area contributed by atoms with Crippen molar-refractivity contribution in [1.82, 2.24) is 4.57 Å². The minimum Gasteiger partial charge on any atom is -0.506 e. The van der Waals surface area contributed by atoms with Crippen LogP contribution in [0.4, 0.5) is 0 Å². The lowest BCUT2D eigenvalue weighted by molar-refractivity contribution is 0.478. The van der Waals surface area contributed by atoms with Crippen LogP contribution in [0.5, 0.6) is 5.75 Å². The van der Waals surface area contributed by atoms with Crippen LogP contribution in [0.1, 0.15) is 25.5 Å². The van der Waals surface area contributed by atoms with Crippen molar-refractivity contribution in [1.29, 1.82) is 0 Å². The average molecular weight is 204 g/mol. The molecule has 3 heteroatoms. The number of aryl methyl sites for hydroxylation is 1. The highest BCUT2D eigenvalue weighted by molar-refractivity contribution is 5.89. The van der Waals surface area contributed by atoms with Gasteiger partial charge in [-0.15, -0.1) is 0 Å². The van der Waals surface area contributed by atoms with Crippen LogP contribution in [0.25, 0.3) is 10.9 Å². The monoisotopic (exact) mass is 204 g/mol. The third-order valence-electron chi connectivity index (χ3n) is 2.74. The van der Waals surface area contributed by atoms with Gasteiger partial charge in [-0.05, 0) is 25.5 Å². The minimum absolute atomic E-state index is 0.0119. The van der Waals surface area contributed by atoms with Crippen LogP contribution in [0, 0.1) is 0 Å². The number of phenols is 1. The molecule has 1 aromatic heterocycles. The van der Waals surface area contributed by atoms with E-state index in [-0.39, 0.29) is 6.04 Å². The predicted molar refractivity (Wildman–Crippen MR) is 61.9 cm³/mol. The van der Waals surface area contributed by atoms with E-state index in [1.807, 2.05) is 29.8 Å². The van der Waals surface area contributed by atoms with Gasteiger partial charge in [0, 0.05) is 24.2 Å². The highest BCUT2D eigenvalue weighted by atomic mass is 16.3. The standard InChI is InChI=1S/C12H16N2O/c1-3-14-7-10(8(2)13)9-5-4-6-11(15)12(9)14/h4-8,15H,3,13H2,1-2H3. The first kappa shape index (κ1) is 10.1. The molecule has 2 rings (SSSR count). The van der Waals surface area contributed by atoms with Gasteiger partial charge in [0.1, 0.15) is 5.75 Å². The van der Waals surface area contributed by atoms with E-state index in [0.717, 1.165) is 23.0 Å². The molecule has 0 saturated heterocycles. The second-order valence-corrected chi connectivity index (χ2v) is 3.83. The topological polar surface area (TPSA) is 51.2 Å². The Morgan fingerprint density at radius 3 is 2.80 bits per heavy atom. The summed E-state index contributed by atoms with van der Waals surface area (Å²) in [6.45, 7) is 4.84. The average Bonchev–Trinajstić information content (AvgIpc) is 2.58. The zero-order valence-corrected chi connectivity index (χ0v) is 9.07. The number of nitrogens with two attached hydrogens (primary N) is 1. The van der Waals surface area contributed by atoms with E-state index in [1.165, 1.54) is 0 Å². The largest absolute Gasteiger partial charge is 0.506 e. The molecule has 0 saturated carbocycles. The van der Waals surface area contributed by atoms with E-state index < -0.39 is 0 Å². The molecule has 3 N–H and O–H groups in total. The summed E-state index contributed by atoms with van der Waals surface area (Å²) in [7, 11) is 0. The Bertz CT molecular complexity index is 486. The molecule has 2 aromatic rings. The zero-order valence-electron chi connectivity index (χ0n) is 9.07. The third kappa shape index (κ3) is 1.49. The zero-order chi connectivity index (χ0) is 11.0. The summed E-state index contributed by atoms with van der Waals surface area (Å²) in [4.78, 5) is 0. The van der Waals surface area contributed by atoms with E-state index >= 15 is 0 Å². The minimum atomic E-state index is -0.0119. The maximum absolute atomic E-state index is 9.82. The Hall–Kier alpha value is -1.48. The Kier molecular flexibility index (Phi) is 2.40. The summed E-state index contributed by atoms with van der Waals surface area (Å²) >= 11 is 0. The summed E-state index contributed by atoms with van der Waals surface area (Å²) in [5.41, 5.74) is 7.87. The van der Waals surface area contributed by atoms with Crippen LogP contribution in [0.15, 0.2) is 24.4 Å². The smallest absolute Gasteiger partial charge is 0.139 e. The van der Waals surface area contributed by atoms with E-state index in [9.17, 15) is 5.11 Å². The Morgan fingerprint density at radius 1 is 1.47 bits per heavy atom. The normalized spacial score (nSPS) is 13.3. The molecule has 0 aliphatic carbocycles. The van der Waals surface area contributed by atoms with Crippen molar-refractivity contribution < 1.29 is 5.11 Å². The molecule has 1 atom stereocenters. The van der Waals surface area contributed by atoms with E-state index in [4.69, 9.17) is 5.73 Å². The van der Waals surface area contributed by atoms with Crippen molar-refractivity contribution in [3.05, 3.63) is 30.0 Å². The Labute approximate surface area is 89.1 Å². The fourth-order valence-corrected chi connectivity index (χ4v) is 1.98. The van der Waals surface area contributed by atoms with Gasteiger partial charge in [0.25, 0.3) is 0 Å². The fourth-order valence-electron chi connectivity index (χ4n) is 1.98. The molecule has 1 unspecified atom stereocenters. The van der Waals surface area contributed by atoms with Crippen molar-refractivity contribution >= 4 is 10.9 Å². The number of benzene rings is 1. The van der Waals surface area contributed by atoms with Gasteiger partial charge >= 0.3 is 0 Å². The summed E-state index contributed by atoms with van der Waals surface area (Å²) in [6.07, 6.45) is 2.02. The number of phenolic OH excluding ortho intramolecular Hbond substituents is 1. The van der Waals surface area contributed by atoms with Crippen LogP contribution >= 0.6 is 0 Å². The lowest BCUT2D eigenvalue weighted by Gasteiger charge is -2.02. The molecule has 1 aromatic carbocycles. The van der Waals surface area contributed by atoms with Crippen molar-refractivity contribution in [3.8, 4) is 5.75 Å². The van der Waals surface area contributed by atoms with Crippen molar-refractivity contribution in [3.63, 3.8) is 0 Å². The molecule has 0 aliphatic heterocycles. The molecule has 0 aliphatic rings. The molecule has 1 heterocycles. The van der Waals surface area contributed by atoms with Gasteiger partial charge in [-0.2, -0.15) is 0 Å². The van der Waals surface area contributed by atoms with Gasteiger partial charge in [-0.3, -0.25) is 0 Å². The molecule has 80 valence electrons. The molecular weight excluding hydrogens is 188 g/mol. The number of fused-ring (bicyclic) bond motifs is 1. The predicted octanol–water partition coefficient (Wildman–Crippen LogP) is 2.39. The van der Waals surface area contributed by atoms with E-state index in [1.54, 1.807) is 6.07 Å². The van der Waals surface area contributed by atoms with Crippen molar-refractivity contribution in [2.75, 3.05) is 0 Å². The van der Waals surface area contributed by atoms with Crippen molar-refractivity contribution in [2.45, 2.75) is 26.4 Å². The quantitative estimate of drug-likeness (QED) is 0.789. The summed E-state index contributed by atoms with van der Waals surface area (Å²) in [5, 5.41) is 10.9. The maximum atomic E-state index is 9.82. The molecule has 0 amide bonds. The first-order chi connectivity index (χ1) is 7.15. The molecule has 0 radical (unpaired) electrons. The van der Waals surface area contributed by atoms with Crippen molar-refractivity contribution in [2.24, 2.45) is 5.73 Å². The number of hydrogen-bond acceptors (Lipinski definition) is 2. The lowest BCUT2D eigenvalue weighted by Crippen LogP contribution is -2.03.